The van der Waals surface area contributed by atoms with E-state index in [0.717, 1.165) is 6.42 Å². The van der Waals surface area contributed by atoms with Crippen LogP contribution in [0.1, 0.15) is 41.0 Å². The summed E-state index contributed by atoms with van der Waals surface area (Å²) in [5.74, 6) is 0. The van der Waals surface area contributed by atoms with Gasteiger partial charge in [0.15, 0.2) is 0 Å². The largest absolute Gasteiger partial charge is 0.394 e. The van der Waals surface area contributed by atoms with Crippen molar-refractivity contribution in [3.05, 3.63) is 0 Å². The van der Waals surface area contributed by atoms with Gasteiger partial charge in [-0.2, -0.15) is 0 Å². The van der Waals surface area contributed by atoms with E-state index in [9.17, 15) is 10.2 Å². The second-order valence-electron chi connectivity index (χ2n) is 6.94. The van der Waals surface area contributed by atoms with Crippen molar-refractivity contribution in [2.75, 3.05) is 33.4 Å². The molecule has 19 heavy (non-hydrogen) atoms. The van der Waals surface area contributed by atoms with Crippen molar-refractivity contribution in [3.8, 4) is 0 Å². The quantitative estimate of drug-likeness (QED) is 0.482. The van der Waals surface area contributed by atoms with Gasteiger partial charge in [-0.1, -0.05) is 6.92 Å². The van der Waals surface area contributed by atoms with Crippen molar-refractivity contribution in [2.45, 2.75) is 57.7 Å². The Bertz CT molecular complexity index is 269. The van der Waals surface area contributed by atoms with Gasteiger partial charge in [0.2, 0.25) is 0 Å². The number of aliphatic hydroxyl groups is 2. The number of hydrogen-bond acceptors (Lipinski definition) is 5. The van der Waals surface area contributed by atoms with E-state index in [1.54, 1.807) is 0 Å². The summed E-state index contributed by atoms with van der Waals surface area (Å²) in [6.45, 7) is 11.4. The van der Waals surface area contributed by atoms with Crippen LogP contribution < -0.4 is 11.1 Å². The van der Waals surface area contributed by atoms with E-state index in [0.29, 0.717) is 13.1 Å². The third kappa shape index (κ3) is 6.19. The Kier molecular flexibility index (Phi) is 6.92. The molecule has 0 aliphatic rings. The Hall–Kier alpha value is -0.200. The topological polar surface area (TPSA) is 81.8 Å². The first-order valence-corrected chi connectivity index (χ1v) is 6.99. The van der Waals surface area contributed by atoms with E-state index in [-0.39, 0.29) is 29.8 Å². The Morgan fingerprint density at radius 3 is 2.00 bits per heavy atom. The molecule has 0 aromatic carbocycles. The normalized spacial score (nSPS) is 16.7. The number of nitrogens with zero attached hydrogens (tertiary/aromatic N) is 1. The molecule has 0 aromatic heterocycles. The molecule has 5 nitrogen and oxygen atoms in total. The summed E-state index contributed by atoms with van der Waals surface area (Å²) < 4.78 is 0. The predicted molar refractivity (Wildman–Crippen MR) is 80.2 cm³/mol. The van der Waals surface area contributed by atoms with Gasteiger partial charge < -0.3 is 21.3 Å². The maximum atomic E-state index is 9.40. The van der Waals surface area contributed by atoms with Crippen LogP contribution in [0.4, 0.5) is 0 Å². The van der Waals surface area contributed by atoms with Crippen molar-refractivity contribution < 1.29 is 10.2 Å². The molecule has 0 saturated carbocycles. The monoisotopic (exact) mass is 275 g/mol. The van der Waals surface area contributed by atoms with Crippen molar-refractivity contribution >= 4 is 0 Å². The van der Waals surface area contributed by atoms with Crippen molar-refractivity contribution in [3.63, 3.8) is 0 Å². The van der Waals surface area contributed by atoms with E-state index in [2.05, 4.69) is 17.1 Å². The number of nitrogens with one attached hydrogen (secondary N) is 1. The van der Waals surface area contributed by atoms with Crippen molar-refractivity contribution in [1.29, 1.82) is 0 Å². The predicted octanol–water partition coefficient (Wildman–Crippen LogP) is 0.157. The number of aliphatic hydroxyl groups excluding tert-OH is 2. The second kappa shape index (κ2) is 6.99. The van der Waals surface area contributed by atoms with Crippen LogP contribution in [0.2, 0.25) is 0 Å². The summed E-state index contributed by atoms with van der Waals surface area (Å²) in [5, 5.41) is 22.0. The molecule has 0 amide bonds. The molecule has 5 heteroatoms. The molecule has 0 spiro atoms. The van der Waals surface area contributed by atoms with Gasteiger partial charge in [0.1, 0.15) is 0 Å². The summed E-state index contributed by atoms with van der Waals surface area (Å²) in [4.78, 5) is 2.09. The van der Waals surface area contributed by atoms with Gasteiger partial charge >= 0.3 is 0 Å². The summed E-state index contributed by atoms with van der Waals surface area (Å²) >= 11 is 0. The fourth-order valence-electron chi connectivity index (χ4n) is 1.57. The molecule has 5 N–H and O–H groups in total. The van der Waals surface area contributed by atoms with Crippen molar-refractivity contribution in [2.24, 2.45) is 5.73 Å². The molecule has 0 aliphatic heterocycles. The highest BCUT2D eigenvalue weighted by molar-refractivity contribution is 4.94. The van der Waals surface area contributed by atoms with Crippen LogP contribution in [0, 0.1) is 0 Å². The minimum atomic E-state index is -0.381. The van der Waals surface area contributed by atoms with Gasteiger partial charge in [-0.15, -0.1) is 0 Å². The Labute approximate surface area is 118 Å². The van der Waals surface area contributed by atoms with Gasteiger partial charge in [-0.05, 0) is 41.2 Å². The zero-order valence-corrected chi connectivity index (χ0v) is 13.5. The first-order valence-electron chi connectivity index (χ1n) is 6.99. The SMILES string of the molecule is CCC(N)(CNC(C)(C)CO)CN(C)C(C)(C)CO. The minimum absolute atomic E-state index is 0.0742. The molecule has 0 heterocycles. The van der Waals surface area contributed by atoms with Crippen LogP contribution in [-0.2, 0) is 0 Å². The molecule has 1 unspecified atom stereocenters. The zero-order chi connectivity index (χ0) is 15.3. The lowest BCUT2D eigenvalue weighted by atomic mass is 9.92. The average Bonchev–Trinajstić information content (AvgIpc) is 2.36. The number of rotatable bonds is 9. The molecule has 0 fully saturated rings. The third-order valence-corrected chi connectivity index (χ3v) is 3.99. The van der Waals surface area contributed by atoms with E-state index in [1.165, 1.54) is 0 Å². The van der Waals surface area contributed by atoms with Crippen LogP contribution >= 0.6 is 0 Å². The standard InChI is InChI=1S/C14H33N3O2/c1-7-14(15,8-16-12(2,3)10-18)9-17(6)13(4,5)11-19/h16,18-19H,7-11,15H2,1-6H3. The number of hydrogen-bond donors (Lipinski definition) is 4. The fourth-order valence-corrected chi connectivity index (χ4v) is 1.57. The number of likely N-dealkylation sites (N-methyl/N-ethyl adjacent to an activating group) is 1. The van der Waals surface area contributed by atoms with Gasteiger partial charge in [-0.3, -0.25) is 4.90 Å². The molecule has 0 bridgehead atoms. The summed E-state index contributed by atoms with van der Waals surface area (Å²) in [5.41, 5.74) is 5.45. The summed E-state index contributed by atoms with van der Waals surface area (Å²) in [6.07, 6.45) is 0.827. The molecular formula is C14H33N3O2. The lowest BCUT2D eigenvalue weighted by Crippen LogP contribution is -2.62. The van der Waals surface area contributed by atoms with Gasteiger partial charge in [0.05, 0.1) is 13.2 Å². The maximum absolute atomic E-state index is 9.40. The molecule has 0 aromatic rings. The van der Waals surface area contributed by atoms with Crippen LogP contribution in [-0.4, -0.2) is 65.1 Å². The molecule has 116 valence electrons. The Balaban J connectivity index is 4.62. The zero-order valence-electron chi connectivity index (χ0n) is 13.5. The lowest BCUT2D eigenvalue weighted by Gasteiger charge is -2.42. The van der Waals surface area contributed by atoms with Gasteiger partial charge in [-0.25, -0.2) is 0 Å². The molecule has 0 rings (SSSR count). The fraction of sp³-hybridized carbons (Fsp3) is 1.00. The summed E-state index contributed by atoms with van der Waals surface area (Å²) in [7, 11) is 1.98. The van der Waals surface area contributed by atoms with Gasteiger partial charge in [0, 0.05) is 29.7 Å². The van der Waals surface area contributed by atoms with E-state index in [1.807, 2.05) is 34.7 Å². The Morgan fingerprint density at radius 2 is 1.63 bits per heavy atom. The molecule has 0 saturated heterocycles. The molecular weight excluding hydrogens is 242 g/mol. The van der Waals surface area contributed by atoms with E-state index in [4.69, 9.17) is 5.73 Å². The van der Waals surface area contributed by atoms with Crippen molar-refractivity contribution in [1.82, 2.24) is 10.2 Å². The average molecular weight is 275 g/mol. The minimum Gasteiger partial charge on any atom is -0.394 e. The van der Waals surface area contributed by atoms with Crippen LogP contribution in [0.3, 0.4) is 0 Å². The van der Waals surface area contributed by atoms with Crippen LogP contribution in [0.5, 0.6) is 0 Å². The second-order valence-corrected chi connectivity index (χ2v) is 6.94. The highest BCUT2D eigenvalue weighted by Gasteiger charge is 2.32. The van der Waals surface area contributed by atoms with E-state index < -0.39 is 0 Å². The molecule has 1 atom stereocenters. The first-order chi connectivity index (χ1) is 8.52. The highest BCUT2D eigenvalue weighted by Crippen LogP contribution is 2.17. The smallest absolute Gasteiger partial charge is 0.0609 e. The molecule has 0 aliphatic carbocycles. The third-order valence-electron chi connectivity index (χ3n) is 3.99. The number of nitrogens with two attached hydrogens (primary N) is 1. The lowest BCUT2D eigenvalue weighted by molar-refractivity contribution is 0.0569. The van der Waals surface area contributed by atoms with Crippen LogP contribution in [0.15, 0.2) is 0 Å². The van der Waals surface area contributed by atoms with Crippen LogP contribution in [0.25, 0.3) is 0 Å². The van der Waals surface area contributed by atoms with Gasteiger partial charge in [0.25, 0.3) is 0 Å². The highest BCUT2D eigenvalue weighted by atomic mass is 16.3. The summed E-state index contributed by atoms with van der Waals surface area (Å²) in [6, 6.07) is 0. The maximum Gasteiger partial charge on any atom is 0.0609 e. The Morgan fingerprint density at radius 1 is 1.11 bits per heavy atom. The van der Waals surface area contributed by atoms with E-state index >= 15 is 0 Å². The molecule has 0 radical (unpaired) electrons. The first kappa shape index (κ1) is 18.8.